The molecule has 0 spiro atoms. The van der Waals surface area contributed by atoms with E-state index in [0.29, 0.717) is 40.4 Å². The first-order valence-corrected chi connectivity index (χ1v) is 6.48. The summed E-state index contributed by atoms with van der Waals surface area (Å²) >= 11 is 11.9. The molecule has 0 fully saturated rings. The second-order valence-electron chi connectivity index (χ2n) is 3.79. The summed E-state index contributed by atoms with van der Waals surface area (Å²) in [6.45, 7) is 0.728. The van der Waals surface area contributed by atoms with Crippen molar-refractivity contribution in [3.8, 4) is 11.5 Å². The van der Waals surface area contributed by atoms with Gasteiger partial charge >= 0.3 is 0 Å². The molecule has 0 saturated carbocycles. The molecule has 0 atom stereocenters. The molecule has 2 rings (SSSR count). The minimum atomic E-state index is 0.356. The summed E-state index contributed by atoms with van der Waals surface area (Å²) in [4.78, 5) is 0. The fourth-order valence-corrected chi connectivity index (χ4v) is 1.86. The lowest BCUT2D eigenvalue weighted by atomic mass is 10.3. The van der Waals surface area contributed by atoms with Gasteiger partial charge in [-0.1, -0.05) is 41.4 Å². The van der Waals surface area contributed by atoms with Crippen molar-refractivity contribution in [2.24, 2.45) is 0 Å². The van der Waals surface area contributed by atoms with Crippen molar-refractivity contribution in [3.63, 3.8) is 0 Å². The smallest absolute Gasteiger partial charge is 0.142 e. The van der Waals surface area contributed by atoms with Crippen molar-refractivity contribution in [2.75, 3.05) is 18.9 Å². The van der Waals surface area contributed by atoms with Gasteiger partial charge in [0, 0.05) is 0 Å². The second kappa shape index (κ2) is 6.55. The maximum absolute atomic E-state index is 6.00. The Morgan fingerprint density at radius 3 is 2.21 bits per heavy atom. The normalized spacial score (nSPS) is 10.2. The Kier molecular flexibility index (Phi) is 4.77. The van der Waals surface area contributed by atoms with Crippen molar-refractivity contribution in [2.45, 2.75) is 0 Å². The summed E-state index contributed by atoms with van der Waals surface area (Å²) in [6, 6.07) is 12.5. The van der Waals surface area contributed by atoms with Crippen LogP contribution in [0.5, 0.6) is 11.5 Å². The molecule has 0 aliphatic heterocycles. The van der Waals surface area contributed by atoms with E-state index >= 15 is 0 Å². The molecule has 5 heteroatoms. The first-order valence-electron chi connectivity index (χ1n) is 5.72. The molecule has 100 valence electrons. The number of nitrogens with two attached hydrogens (primary N) is 1. The van der Waals surface area contributed by atoms with Crippen LogP contribution in [0.15, 0.2) is 42.5 Å². The van der Waals surface area contributed by atoms with Gasteiger partial charge in [0.15, 0.2) is 0 Å². The van der Waals surface area contributed by atoms with Gasteiger partial charge in [-0.2, -0.15) is 0 Å². The maximum atomic E-state index is 6.00. The number of rotatable bonds is 5. The van der Waals surface area contributed by atoms with Crippen molar-refractivity contribution < 1.29 is 9.47 Å². The predicted octanol–water partition coefficient (Wildman–Crippen LogP) is 4.03. The standard InChI is InChI=1S/C14H13Cl2NO2/c15-10-4-3-7-13(14(10)16)19-9-8-18-12-6-2-1-5-11(12)17/h1-7H,8-9,17H2. The van der Waals surface area contributed by atoms with E-state index < -0.39 is 0 Å². The highest BCUT2D eigenvalue weighted by molar-refractivity contribution is 6.42. The topological polar surface area (TPSA) is 44.5 Å². The maximum Gasteiger partial charge on any atom is 0.142 e. The lowest BCUT2D eigenvalue weighted by Gasteiger charge is -2.11. The SMILES string of the molecule is Nc1ccccc1OCCOc1cccc(Cl)c1Cl. The third-order valence-electron chi connectivity index (χ3n) is 2.43. The summed E-state index contributed by atoms with van der Waals surface area (Å²) in [5.41, 5.74) is 6.35. The molecule has 0 radical (unpaired) electrons. The number of para-hydroxylation sites is 2. The van der Waals surface area contributed by atoms with Gasteiger partial charge in [0.1, 0.15) is 29.7 Å². The molecule has 0 saturated heterocycles. The summed E-state index contributed by atoms with van der Waals surface area (Å²) in [7, 11) is 0. The van der Waals surface area contributed by atoms with E-state index in [1.165, 1.54) is 0 Å². The van der Waals surface area contributed by atoms with Crippen LogP contribution in [0.4, 0.5) is 5.69 Å². The van der Waals surface area contributed by atoms with E-state index in [0.717, 1.165) is 0 Å². The van der Waals surface area contributed by atoms with Gasteiger partial charge in [0.05, 0.1) is 10.7 Å². The molecule has 0 amide bonds. The number of anilines is 1. The third kappa shape index (κ3) is 3.69. The molecule has 0 bridgehead atoms. The Bertz CT molecular complexity index is 561. The van der Waals surface area contributed by atoms with Crippen LogP contribution in [-0.2, 0) is 0 Å². The minimum Gasteiger partial charge on any atom is -0.488 e. The first-order chi connectivity index (χ1) is 9.18. The Morgan fingerprint density at radius 2 is 1.47 bits per heavy atom. The molecule has 0 heterocycles. The molecule has 0 aliphatic rings. The highest BCUT2D eigenvalue weighted by atomic mass is 35.5. The van der Waals surface area contributed by atoms with Gasteiger partial charge in [-0.05, 0) is 24.3 Å². The summed E-state index contributed by atoms with van der Waals surface area (Å²) in [5, 5.41) is 0.871. The Labute approximate surface area is 121 Å². The highest BCUT2D eigenvalue weighted by Crippen LogP contribution is 2.31. The van der Waals surface area contributed by atoms with E-state index in [1.54, 1.807) is 24.3 Å². The molecule has 0 aliphatic carbocycles. The number of hydrogen-bond acceptors (Lipinski definition) is 3. The predicted molar refractivity (Wildman–Crippen MR) is 78.3 cm³/mol. The van der Waals surface area contributed by atoms with Crippen LogP contribution in [0, 0.1) is 0 Å². The minimum absolute atomic E-state index is 0.356. The van der Waals surface area contributed by atoms with Crippen LogP contribution in [0.2, 0.25) is 10.0 Å². The summed E-state index contributed by atoms with van der Waals surface area (Å²) in [5.74, 6) is 1.18. The van der Waals surface area contributed by atoms with Crippen LogP contribution >= 0.6 is 23.2 Å². The number of halogens is 2. The fraction of sp³-hybridized carbons (Fsp3) is 0.143. The van der Waals surface area contributed by atoms with Gasteiger partial charge in [-0.3, -0.25) is 0 Å². The molecule has 2 aromatic carbocycles. The Hall–Kier alpha value is -1.58. The zero-order valence-electron chi connectivity index (χ0n) is 10.1. The average molecular weight is 298 g/mol. The van der Waals surface area contributed by atoms with Crippen molar-refractivity contribution in [1.82, 2.24) is 0 Å². The quantitative estimate of drug-likeness (QED) is 0.669. The molecular formula is C14H13Cl2NO2. The van der Waals surface area contributed by atoms with Crippen molar-refractivity contribution in [1.29, 1.82) is 0 Å². The molecule has 2 N–H and O–H groups in total. The molecule has 19 heavy (non-hydrogen) atoms. The highest BCUT2D eigenvalue weighted by Gasteiger charge is 2.05. The number of benzene rings is 2. The first kappa shape index (κ1) is 13.8. The van der Waals surface area contributed by atoms with Crippen LogP contribution in [-0.4, -0.2) is 13.2 Å². The van der Waals surface area contributed by atoms with E-state index in [1.807, 2.05) is 18.2 Å². The number of ether oxygens (including phenoxy) is 2. The Balaban J connectivity index is 1.84. The van der Waals surface area contributed by atoms with Crippen molar-refractivity contribution in [3.05, 3.63) is 52.5 Å². The number of nitrogen functional groups attached to an aromatic ring is 1. The number of hydrogen-bond donors (Lipinski definition) is 1. The third-order valence-corrected chi connectivity index (χ3v) is 3.24. The lowest BCUT2D eigenvalue weighted by molar-refractivity contribution is 0.218. The second-order valence-corrected chi connectivity index (χ2v) is 4.57. The van der Waals surface area contributed by atoms with E-state index in [9.17, 15) is 0 Å². The zero-order chi connectivity index (χ0) is 13.7. The zero-order valence-corrected chi connectivity index (χ0v) is 11.6. The van der Waals surface area contributed by atoms with Gasteiger partial charge in [0.25, 0.3) is 0 Å². The largest absolute Gasteiger partial charge is 0.488 e. The van der Waals surface area contributed by atoms with Crippen LogP contribution in [0.1, 0.15) is 0 Å². The van der Waals surface area contributed by atoms with Gasteiger partial charge in [0.2, 0.25) is 0 Å². The molecule has 0 aromatic heterocycles. The Morgan fingerprint density at radius 1 is 0.842 bits per heavy atom. The molecular weight excluding hydrogens is 285 g/mol. The van der Waals surface area contributed by atoms with Crippen molar-refractivity contribution >= 4 is 28.9 Å². The van der Waals surface area contributed by atoms with Gasteiger partial charge in [-0.25, -0.2) is 0 Å². The van der Waals surface area contributed by atoms with Crippen LogP contribution in [0.25, 0.3) is 0 Å². The van der Waals surface area contributed by atoms with E-state index in [-0.39, 0.29) is 0 Å². The molecule has 2 aromatic rings. The molecule has 3 nitrogen and oxygen atoms in total. The monoisotopic (exact) mass is 297 g/mol. The van der Waals surface area contributed by atoms with Crippen LogP contribution in [0.3, 0.4) is 0 Å². The average Bonchev–Trinajstić information content (AvgIpc) is 2.41. The van der Waals surface area contributed by atoms with Gasteiger partial charge in [-0.15, -0.1) is 0 Å². The lowest BCUT2D eigenvalue weighted by Crippen LogP contribution is -2.10. The summed E-state index contributed by atoms with van der Waals surface area (Å²) < 4.78 is 11.0. The summed E-state index contributed by atoms with van der Waals surface area (Å²) in [6.07, 6.45) is 0. The van der Waals surface area contributed by atoms with Crippen LogP contribution < -0.4 is 15.2 Å². The van der Waals surface area contributed by atoms with E-state index in [2.05, 4.69) is 0 Å². The fourth-order valence-electron chi connectivity index (χ4n) is 1.51. The van der Waals surface area contributed by atoms with Gasteiger partial charge < -0.3 is 15.2 Å². The van der Waals surface area contributed by atoms with E-state index in [4.69, 9.17) is 38.4 Å². The molecule has 0 unspecified atom stereocenters.